The molecule has 9 nitrogen and oxygen atoms in total. The Labute approximate surface area is 235 Å². The van der Waals surface area contributed by atoms with Crippen molar-refractivity contribution in [1.29, 1.82) is 0 Å². The van der Waals surface area contributed by atoms with Crippen LogP contribution in [0.1, 0.15) is 47.0 Å². The van der Waals surface area contributed by atoms with E-state index < -0.39 is 0 Å². The van der Waals surface area contributed by atoms with Crippen molar-refractivity contribution < 1.29 is 23.7 Å². The lowest BCUT2D eigenvalue weighted by Crippen LogP contribution is -2.33. The Morgan fingerprint density at radius 3 is 1.95 bits per heavy atom. The second-order valence-electron chi connectivity index (χ2n) is 8.55. The van der Waals surface area contributed by atoms with Crippen LogP contribution in [0.25, 0.3) is 22.5 Å². The van der Waals surface area contributed by atoms with E-state index in [0.717, 1.165) is 24.0 Å². The van der Waals surface area contributed by atoms with E-state index in [2.05, 4.69) is 22.4 Å². The molecule has 0 unspecified atom stereocenters. The van der Waals surface area contributed by atoms with Crippen molar-refractivity contribution in [2.75, 3.05) is 34.0 Å². The van der Waals surface area contributed by atoms with Crippen molar-refractivity contribution in [3.63, 3.8) is 0 Å². The highest BCUT2D eigenvalue weighted by Crippen LogP contribution is 2.39. The number of aromatic nitrogens is 3. The van der Waals surface area contributed by atoms with Crippen molar-refractivity contribution in [1.82, 2.24) is 20.5 Å². The van der Waals surface area contributed by atoms with Crippen LogP contribution in [-0.2, 0) is 4.79 Å². The first-order valence-corrected chi connectivity index (χ1v) is 14.2. The smallest absolute Gasteiger partial charge is 0.233 e. The van der Waals surface area contributed by atoms with E-state index in [4.69, 9.17) is 23.9 Å². The number of nitrogens with one attached hydrogen (secondary N) is 1. The third-order valence-corrected chi connectivity index (χ3v) is 7.10. The Bertz CT molecular complexity index is 1240. The molecule has 1 atom stereocenters. The van der Waals surface area contributed by atoms with Crippen molar-refractivity contribution in [2.45, 2.75) is 57.4 Å². The number of thioether (sulfide) groups is 1. The summed E-state index contributed by atoms with van der Waals surface area (Å²) in [5, 5.41) is 12.1. The fourth-order valence-corrected chi connectivity index (χ4v) is 4.73. The van der Waals surface area contributed by atoms with Crippen LogP contribution < -0.4 is 24.3 Å². The van der Waals surface area contributed by atoms with Crippen LogP contribution in [0.3, 0.4) is 0 Å². The third kappa shape index (κ3) is 7.75. The minimum absolute atomic E-state index is 0.0239. The summed E-state index contributed by atoms with van der Waals surface area (Å²) in [5.74, 6) is 2.42. The molecule has 2 aromatic carbocycles. The summed E-state index contributed by atoms with van der Waals surface area (Å²) in [6.07, 6.45) is 2.59. The van der Waals surface area contributed by atoms with Gasteiger partial charge < -0.3 is 24.3 Å². The van der Waals surface area contributed by atoms with Crippen LogP contribution in [0.5, 0.6) is 23.0 Å². The van der Waals surface area contributed by atoms with E-state index in [1.165, 1.54) is 11.8 Å². The normalized spacial score (nSPS) is 11.5. The molecule has 0 radical (unpaired) electrons. The van der Waals surface area contributed by atoms with E-state index in [0.29, 0.717) is 65.7 Å². The molecule has 0 aliphatic heterocycles. The topological polar surface area (TPSA) is 105 Å². The van der Waals surface area contributed by atoms with Crippen molar-refractivity contribution >= 4 is 17.7 Å². The summed E-state index contributed by atoms with van der Waals surface area (Å²) in [6.45, 7) is 9.60. The molecule has 210 valence electrons. The maximum Gasteiger partial charge on any atom is 0.233 e. The molecule has 0 saturated heterocycles. The molecule has 0 spiro atoms. The van der Waals surface area contributed by atoms with E-state index in [1.54, 1.807) is 14.2 Å². The molecule has 3 aromatic rings. The van der Waals surface area contributed by atoms with Gasteiger partial charge >= 0.3 is 0 Å². The molecule has 1 N–H and O–H groups in total. The van der Waals surface area contributed by atoms with Gasteiger partial charge in [0.15, 0.2) is 23.0 Å². The van der Waals surface area contributed by atoms with E-state index >= 15 is 0 Å². The number of carbonyl (C=O) groups is 1. The van der Waals surface area contributed by atoms with Gasteiger partial charge in [-0.15, -0.1) is 10.2 Å². The molecule has 0 fully saturated rings. The van der Waals surface area contributed by atoms with Crippen molar-refractivity contribution in [2.24, 2.45) is 0 Å². The van der Waals surface area contributed by atoms with E-state index in [-0.39, 0.29) is 11.2 Å². The van der Waals surface area contributed by atoms with Crippen LogP contribution in [0.2, 0.25) is 0 Å². The van der Waals surface area contributed by atoms with Gasteiger partial charge in [-0.2, -0.15) is 0 Å². The number of nitrogens with zero attached hydrogens (tertiary/aromatic N) is 3. The predicted molar refractivity (Wildman–Crippen MR) is 154 cm³/mol. The highest BCUT2D eigenvalue weighted by Gasteiger charge is 2.22. The Balaban J connectivity index is 2.08. The number of carbonyl (C=O) groups excluding carboxylic acids is 1. The number of unbranched alkanes of at least 4 members (excludes halogenated alkanes) is 1. The quantitative estimate of drug-likeness (QED) is 0.184. The zero-order valence-corrected chi connectivity index (χ0v) is 24.4. The number of hydrogen-bond donors (Lipinski definition) is 1. The average Bonchev–Trinajstić information content (AvgIpc) is 2.96. The maximum atomic E-state index is 12.8. The third-order valence-electron chi connectivity index (χ3n) is 5.88. The molecule has 1 amide bonds. The van der Waals surface area contributed by atoms with Crippen LogP contribution in [0.4, 0.5) is 0 Å². The minimum Gasteiger partial charge on any atom is -0.493 e. The molecule has 39 heavy (non-hydrogen) atoms. The van der Waals surface area contributed by atoms with Gasteiger partial charge in [0.2, 0.25) is 11.1 Å². The Morgan fingerprint density at radius 1 is 0.846 bits per heavy atom. The molecule has 3 rings (SSSR count). The highest BCUT2D eigenvalue weighted by molar-refractivity contribution is 8.00. The first kappa shape index (κ1) is 30.0. The van der Waals surface area contributed by atoms with Crippen LogP contribution in [0.15, 0.2) is 41.6 Å². The number of hydrogen-bond acceptors (Lipinski definition) is 9. The predicted octanol–water partition coefficient (Wildman–Crippen LogP) is 5.81. The summed E-state index contributed by atoms with van der Waals surface area (Å²) in [5.41, 5.74) is 2.70. The summed E-state index contributed by atoms with van der Waals surface area (Å²) >= 11 is 1.31. The van der Waals surface area contributed by atoms with Crippen molar-refractivity contribution in [3.8, 4) is 45.5 Å². The van der Waals surface area contributed by atoms with Gasteiger partial charge in [0, 0.05) is 17.7 Å². The lowest BCUT2D eigenvalue weighted by molar-refractivity contribution is -0.120. The maximum absolute atomic E-state index is 12.8. The minimum atomic E-state index is -0.331. The van der Waals surface area contributed by atoms with Crippen LogP contribution >= 0.6 is 11.8 Å². The Morgan fingerprint density at radius 2 is 1.44 bits per heavy atom. The molecular formula is C29H38N4O5S. The lowest BCUT2D eigenvalue weighted by atomic mass is 10.0. The number of ether oxygens (including phenoxy) is 4. The second-order valence-corrected chi connectivity index (χ2v) is 9.72. The fraction of sp³-hybridized carbons (Fsp3) is 0.448. The molecule has 0 aliphatic carbocycles. The average molecular weight is 555 g/mol. The number of amides is 1. The van der Waals surface area contributed by atoms with Gasteiger partial charge in [-0.3, -0.25) is 4.79 Å². The molecule has 0 aliphatic rings. The molecule has 10 heteroatoms. The molecular weight excluding hydrogens is 516 g/mol. The largest absolute Gasteiger partial charge is 0.493 e. The summed E-state index contributed by atoms with van der Waals surface area (Å²) < 4.78 is 22.5. The van der Waals surface area contributed by atoms with Gasteiger partial charge in [0.05, 0.1) is 32.7 Å². The number of methoxy groups -OCH3 is 2. The number of rotatable bonds is 15. The zero-order valence-electron chi connectivity index (χ0n) is 23.6. The first-order valence-electron chi connectivity index (χ1n) is 13.3. The molecule has 1 heterocycles. The van der Waals surface area contributed by atoms with Gasteiger partial charge in [-0.05, 0) is 63.1 Å². The SMILES string of the molecule is CCCCNC(=O)[C@@H](CC)Sc1nnc(-c2ccc(OCC)c(OC)c2)c(-c2ccc(OCC)c(OC)c2)n1. The van der Waals surface area contributed by atoms with Crippen LogP contribution in [-0.4, -0.2) is 60.3 Å². The summed E-state index contributed by atoms with van der Waals surface area (Å²) in [7, 11) is 3.20. The summed E-state index contributed by atoms with van der Waals surface area (Å²) in [4.78, 5) is 17.7. The Kier molecular flexibility index (Phi) is 11.7. The van der Waals surface area contributed by atoms with Crippen molar-refractivity contribution in [3.05, 3.63) is 36.4 Å². The highest BCUT2D eigenvalue weighted by atomic mass is 32.2. The molecule has 0 saturated carbocycles. The van der Waals surface area contributed by atoms with E-state index in [1.807, 2.05) is 57.2 Å². The van der Waals surface area contributed by atoms with Crippen LogP contribution in [0, 0.1) is 0 Å². The first-order chi connectivity index (χ1) is 19.0. The lowest BCUT2D eigenvalue weighted by Gasteiger charge is -2.16. The zero-order chi connectivity index (χ0) is 28.2. The Hall–Kier alpha value is -3.53. The number of benzene rings is 2. The van der Waals surface area contributed by atoms with Gasteiger partial charge in [0.1, 0.15) is 11.4 Å². The van der Waals surface area contributed by atoms with Gasteiger partial charge in [0.25, 0.3) is 0 Å². The molecule has 1 aromatic heterocycles. The summed E-state index contributed by atoms with van der Waals surface area (Å²) in [6, 6.07) is 11.2. The molecule has 0 bridgehead atoms. The van der Waals surface area contributed by atoms with Gasteiger partial charge in [-0.25, -0.2) is 4.98 Å². The fourth-order valence-electron chi connectivity index (χ4n) is 3.89. The van der Waals surface area contributed by atoms with E-state index in [9.17, 15) is 4.79 Å². The monoisotopic (exact) mass is 554 g/mol. The van der Waals surface area contributed by atoms with Gasteiger partial charge in [-0.1, -0.05) is 32.0 Å². The standard InChI is InChI=1S/C29H38N4O5S/c1-7-11-16-30-28(34)25(8-2)39-29-31-26(19-12-14-21(37-9-3)23(17-19)35-5)27(32-33-29)20-13-15-22(38-10-4)24(18-20)36-6/h12-15,17-18,25H,7-11,16H2,1-6H3,(H,30,34)/t25-/m1/s1. The second kappa shape index (κ2) is 15.2.